The summed E-state index contributed by atoms with van der Waals surface area (Å²) in [6.07, 6.45) is 0. The Kier molecular flexibility index (Phi) is 2.86. The SMILES string of the molecule is CC(C)n1c(=O)c2sccc2n(CC#N)c1=O. The number of thiophene rings is 1. The van der Waals surface area contributed by atoms with E-state index >= 15 is 0 Å². The van der Waals surface area contributed by atoms with E-state index < -0.39 is 5.69 Å². The summed E-state index contributed by atoms with van der Waals surface area (Å²) in [5.74, 6) is 0. The normalized spacial score (nSPS) is 10.9. The van der Waals surface area contributed by atoms with Crippen molar-refractivity contribution in [1.29, 1.82) is 5.26 Å². The van der Waals surface area contributed by atoms with Gasteiger partial charge in [0, 0.05) is 6.04 Å². The van der Waals surface area contributed by atoms with Gasteiger partial charge in [0.05, 0.1) is 11.6 Å². The topological polar surface area (TPSA) is 67.8 Å². The molecule has 17 heavy (non-hydrogen) atoms. The minimum atomic E-state index is -0.419. The number of fused-ring (bicyclic) bond motifs is 1. The molecule has 0 aromatic carbocycles. The second-order valence-electron chi connectivity index (χ2n) is 3.93. The van der Waals surface area contributed by atoms with Crippen molar-refractivity contribution in [3.63, 3.8) is 0 Å². The van der Waals surface area contributed by atoms with E-state index in [4.69, 9.17) is 5.26 Å². The minimum Gasteiger partial charge on any atom is -0.278 e. The molecule has 88 valence electrons. The highest BCUT2D eigenvalue weighted by atomic mass is 32.1. The first-order valence-electron chi connectivity index (χ1n) is 5.17. The molecule has 0 aliphatic carbocycles. The van der Waals surface area contributed by atoms with Gasteiger partial charge in [0.15, 0.2) is 0 Å². The molecule has 0 radical (unpaired) electrons. The molecule has 0 bridgehead atoms. The predicted octanol–water partition coefficient (Wildman–Crippen LogP) is 1.33. The lowest BCUT2D eigenvalue weighted by Gasteiger charge is -2.12. The van der Waals surface area contributed by atoms with Crippen LogP contribution in [-0.4, -0.2) is 9.13 Å². The molecule has 2 heterocycles. The fourth-order valence-electron chi connectivity index (χ4n) is 1.78. The number of aromatic nitrogens is 2. The van der Waals surface area contributed by atoms with E-state index in [1.165, 1.54) is 20.5 Å². The van der Waals surface area contributed by atoms with Crippen molar-refractivity contribution in [3.8, 4) is 6.07 Å². The molecule has 0 spiro atoms. The molecule has 0 fully saturated rings. The third kappa shape index (κ3) is 1.68. The van der Waals surface area contributed by atoms with Gasteiger partial charge >= 0.3 is 5.69 Å². The molecule has 6 heteroatoms. The zero-order valence-electron chi connectivity index (χ0n) is 9.51. The Bertz CT molecular complexity index is 715. The highest BCUT2D eigenvalue weighted by Gasteiger charge is 2.15. The third-order valence-corrected chi connectivity index (χ3v) is 3.42. The predicted molar refractivity (Wildman–Crippen MR) is 66.3 cm³/mol. The Morgan fingerprint density at radius 1 is 1.47 bits per heavy atom. The van der Waals surface area contributed by atoms with Crippen LogP contribution in [-0.2, 0) is 6.54 Å². The van der Waals surface area contributed by atoms with Gasteiger partial charge in [-0.05, 0) is 25.3 Å². The molecule has 0 amide bonds. The number of rotatable bonds is 2. The van der Waals surface area contributed by atoms with E-state index in [1.54, 1.807) is 25.3 Å². The number of hydrogen-bond donors (Lipinski definition) is 0. The van der Waals surface area contributed by atoms with E-state index in [-0.39, 0.29) is 18.1 Å². The first-order chi connectivity index (χ1) is 8.07. The van der Waals surface area contributed by atoms with Crippen LogP contribution < -0.4 is 11.2 Å². The summed E-state index contributed by atoms with van der Waals surface area (Å²) in [4.78, 5) is 24.2. The summed E-state index contributed by atoms with van der Waals surface area (Å²) in [5.41, 5.74) is -0.148. The second-order valence-corrected chi connectivity index (χ2v) is 4.85. The summed E-state index contributed by atoms with van der Waals surface area (Å²) < 4.78 is 3.05. The van der Waals surface area contributed by atoms with Gasteiger partial charge in [-0.2, -0.15) is 5.26 Å². The molecule has 0 N–H and O–H groups in total. The molecule has 2 aromatic heterocycles. The number of nitrogens with zero attached hydrogens (tertiary/aromatic N) is 3. The standard InChI is InChI=1S/C11H11N3O2S/c1-7(2)14-10(15)9-8(3-6-17-9)13(5-4-12)11(14)16/h3,6-7H,5H2,1-2H3. The zero-order chi connectivity index (χ0) is 12.6. The number of hydrogen-bond acceptors (Lipinski definition) is 4. The van der Waals surface area contributed by atoms with Gasteiger partial charge in [0.25, 0.3) is 5.56 Å². The lowest BCUT2D eigenvalue weighted by molar-refractivity contribution is 0.527. The van der Waals surface area contributed by atoms with Crippen molar-refractivity contribution in [2.75, 3.05) is 0 Å². The fraction of sp³-hybridized carbons (Fsp3) is 0.364. The van der Waals surface area contributed by atoms with Crippen LogP contribution >= 0.6 is 11.3 Å². The van der Waals surface area contributed by atoms with E-state index in [2.05, 4.69) is 0 Å². The monoisotopic (exact) mass is 249 g/mol. The van der Waals surface area contributed by atoms with Crippen molar-refractivity contribution in [2.24, 2.45) is 0 Å². The Morgan fingerprint density at radius 3 is 2.76 bits per heavy atom. The summed E-state index contributed by atoms with van der Waals surface area (Å²) >= 11 is 1.29. The fourth-order valence-corrected chi connectivity index (χ4v) is 2.61. The van der Waals surface area contributed by atoms with Gasteiger partial charge in [0.2, 0.25) is 0 Å². The highest BCUT2D eigenvalue weighted by molar-refractivity contribution is 7.17. The van der Waals surface area contributed by atoms with Gasteiger partial charge < -0.3 is 0 Å². The van der Waals surface area contributed by atoms with Crippen molar-refractivity contribution >= 4 is 21.6 Å². The molecular formula is C11H11N3O2S. The van der Waals surface area contributed by atoms with Crippen molar-refractivity contribution < 1.29 is 0 Å². The molecule has 0 aliphatic rings. The Balaban J connectivity index is 2.99. The average molecular weight is 249 g/mol. The van der Waals surface area contributed by atoms with Gasteiger partial charge in [-0.1, -0.05) is 0 Å². The molecule has 0 aliphatic heterocycles. The smallest absolute Gasteiger partial charge is 0.278 e. The van der Waals surface area contributed by atoms with Crippen LogP contribution in [0.4, 0.5) is 0 Å². The van der Waals surface area contributed by atoms with E-state index in [0.29, 0.717) is 10.2 Å². The van der Waals surface area contributed by atoms with Gasteiger partial charge in [-0.3, -0.25) is 13.9 Å². The van der Waals surface area contributed by atoms with Crippen LogP contribution in [0, 0.1) is 11.3 Å². The highest BCUT2D eigenvalue weighted by Crippen LogP contribution is 2.15. The minimum absolute atomic E-state index is 0.0426. The lowest BCUT2D eigenvalue weighted by atomic mass is 10.3. The third-order valence-electron chi connectivity index (χ3n) is 2.53. The zero-order valence-corrected chi connectivity index (χ0v) is 10.3. The van der Waals surface area contributed by atoms with Gasteiger partial charge in [-0.15, -0.1) is 11.3 Å². The lowest BCUT2D eigenvalue weighted by Crippen LogP contribution is -2.40. The van der Waals surface area contributed by atoms with Crippen LogP contribution in [0.15, 0.2) is 21.0 Å². The summed E-state index contributed by atoms with van der Waals surface area (Å²) in [6, 6.07) is 3.43. The molecule has 0 saturated carbocycles. The van der Waals surface area contributed by atoms with Crippen molar-refractivity contribution in [1.82, 2.24) is 9.13 Å². The van der Waals surface area contributed by atoms with Crippen LogP contribution in [0.1, 0.15) is 19.9 Å². The van der Waals surface area contributed by atoms with E-state index in [1.807, 2.05) is 6.07 Å². The molecule has 0 unspecified atom stereocenters. The maximum atomic E-state index is 12.1. The Morgan fingerprint density at radius 2 is 2.18 bits per heavy atom. The molecule has 0 atom stereocenters. The first kappa shape index (κ1) is 11.6. The molecule has 5 nitrogen and oxygen atoms in total. The maximum absolute atomic E-state index is 12.1. The van der Waals surface area contributed by atoms with Crippen LogP contribution in [0.25, 0.3) is 10.2 Å². The van der Waals surface area contributed by atoms with Crippen LogP contribution in [0.5, 0.6) is 0 Å². The number of nitriles is 1. The quantitative estimate of drug-likeness (QED) is 0.806. The molecular weight excluding hydrogens is 238 g/mol. The van der Waals surface area contributed by atoms with E-state index in [0.717, 1.165) is 0 Å². The van der Waals surface area contributed by atoms with Crippen LogP contribution in [0.2, 0.25) is 0 Å². The summed E-state index contributed by atoms with van der Waals surface area (Å²) in [7, 11) is 0. The summed E-state index contributed by atoms with van der Waals surface area (Å²) in [6.45, 7) is 3.51. The van der Waals surface area contributed by atoms with Crippen molar-refractivity contribution in [2.45, 2.75) is 26.4 Å². The molecule has 0 saturated heterocycles. The largest absolute Gasteiger partial charge is 0.332 e. The molecule has 2 rings (SSSR count). The van der Waals surface area contributed by atoms with E-state index in [9.17, 15) is 9.59 Å². The maximum Gasteiger partial charge on any atom is 0.332 e. The van der Waals surface area contributed by atoms with Crippen molar-refractivity contribution in [3.05, 3.63) is 32.3 Å². The first-order valence-corrected chi connectivity index (χ1v) is 6.05. The van der Waals surface area contributed by atoms with Crippen LogP contribution in [0.3, 0.4) is 0 Å². The summed E-state index contributed by atoms with van der Waals surface area (Å²) in [5, 5.41) is 10.5. The Labute approximate surface area is 101 Å². The average Bonchev–Trinajstić information content (AvgIpc) is 2.72. The van der Waals surface area contributed by atoms with Gasteiger partial charge in [0.1, 0.15) is 11.2 Å². The molecule has 2 aromatic rings. The van der Waals surface area contributed by atoms with Gasteiger partial charge in [-0.25, -0.2) is 4.79 Å². The Hall–Kier alpha value is -1.87. The second kappa shape index (κ2) is 4.18.